The van der Waals surface area contributed by atoms with Crippen LogP contribution >= 0.6 is 0 Å². The fourth-order valence-electron chi connectivity index (χ4n) is 2.14. The van der Waals surface area contributed by atoms with Gasteiger partial charge in [-0.25, -0.2) is 9.59 Å². The van der Waals surface area contributed by atoms with Gasteiger partial charge in [0.05, 0.1) is 0 Å². The summed E-state index contributed by atoms with van der Waals surface area (Å²) < 4.78 is 0.777. The lowest BCUT2D eigenvalue weighted by Crippen LogP contribution is -2.44. The zero-order chi connectivity index (χ0) is 14.2. The van der Waals surface area contributed by atoms with Gasteiger partial charge in [-0.3, -0.25) is 14.2 Å². The van der Waals surface area contributed by atoms with Crippen molar-refractivity contribution in [2.45, 2.75) is 18.9 Å². The highest BCUT2D eigenvalue weighted by Gasteiger charge is 2.35. The van der Waals surface area contributed by atoms with Gasteiger partial charge < -0.3 is 15.0 Å². The van der Waals surface area contributed by atoms with Crippen LogP contribution in [0, 0.1) is 0 Å². The van der Waals surface area contributed by atoms with Crippen molar-refractivity contribution in [3.05, 3.63) is 32.6 Å². The quantitative estimate of drug-likeness (QED) is 0.696. The smallest absolute Gasteiger partial charge is 0.328 e. The summed E-state index contributed by atoms with van der Waals surface area (Å²) in [7, 11) is 1.25. The SMILES string of the molecule is Cn1c(=O)[nH]cc(C(=O)N2CCC[C@H]2C(=O)O)c1=O. The predicted octanol–water partition coefficient (Wildman–Crippen LogP) is -1.24. The minimum Gasteiger partial charge on any atom is -0.480 e. The third-order valence-electron chi connectivity index (χ3n) is 3.21. The number of aromatic nitrogens is 2. The van der Waals surface area contributed by atoms with Crippen LogP contribution in [0.3, 0.4) is 0 Å². The van der Waals surface area contributed by atoms with E-state index in [1.54, 1.807) is 0 Å². The number of rotatable bonds is 2. The third-order valence-corrected chi connectivity index (χ3v) is 3.21. The molecule has 8 heteroatoms. The molecule has 1 aromatic rings. The summed E-state index contributed by atoms with van der Waals surface area (Å²) in [4.78, 5) is 49.6. The highest BCUT2D eigenvalue weighted by Crippen LogP contribution is 2.18. The molecule has 1 saturated heterocycles. The van der Waals surface area contributed by atoms with E-state index >= 15 is 0 Å². The number of nitrogens with zero attached hydrogens (tertiary/aromatic N) is 2. The highest BCUT2D eigenvalue weighted by molar-refractivity contribution is 5.96. The van der Waals surface area contributed by atoms with Gasteiger partial charge in [0.2, 0.25) is 0 Å². The Morgan fingerprint density at radius 2 is 2.11 bits per heavy atom. The summed E-state index contributed by atoms with van der Waals surface area (Å²) in [6.45, 7) is 0.290. The van der Waals surface area contributed by atoms with Crippen molar-refractivity contribution < 1.29 is 14.7 Å². The first-order valence-electron chi connectivity index (χ1n) is 5.76. The molecule has 2 N–H and O–H groups in total. The third kappa shape index (κ3) is 2.16. The predicted molar refractivity (Wildman–Crippen MR) is 64.0 cm³/mol. The number of aliphatic carboxylic acids is 1. The fourth-order valence-corrected chi connectivity index (χ4v) is 2.14. The average Bonchev–Trinajstić information content (AvgIpc) is 2.84. The Kier molecular flexibility index (Phi) is 3.24. The second kappa shape index (κ2) is 4.71. The van der Waals surface area contributed by atoms with E-state index in [4.69, 9.17) is 5.11 Å². The van der Waals surface area contributed by atoms with Gasteiger partial charge >= 0.3 is 11.7 Å². The van der Waals surface area contributed by atoms with Gasteiger partial charge in [-0.05, 0) is 12.8 Å². The maximum Gasteiger partial charge on any atom is 0.328 e. The molecule has 0 aliphatic carbocycles. The molecule has 0 unspecified atom stereocenters. The first-order valence-corrected chi connectivity index (χ1v) is 5.76. The Hall–Kier alpha value is -2.38. The topological polar surface area (TPSA) is 112 Å². The summed E-state index contributed by atoms with van der Waals surface area (Å²) in [5.74, 6) is -1.76. The molecular weight excluding hydrogens is 254 g/mol. The number of H-pyrrole nitrogens is 1. The van der Waals surface area contributed by atoms with E-state index in [2.05, 4.69) is 4.98 Å². The lowest BCUT2D eigenvalue weighted by molar-refractivity contribution is -0.141. The number of hydrogen-bond donors (Lipinski definition) is 2. The number of carboxylic acid groups (broad SMARTS) is 1. The number of carbonyl (C=O) groups excluding carboxylic acids is 1. The molecule has 0 bridgehead atoms. The molecule has 1 atom stereocenters. The molecule has 2 heterocycles. The fraction of sp³-hybridized carbons (Fsp3) is 0.455. The van der Waals surface area contributed by atoms with Crippen LogP contribution in [0.5, 0.6) is 0 Å². The lowest BCUT2D eigenvalue weighted by atomic mass is 10.2. The first kappa shape index (κ1) is 13.1. The van der Waals surface area contributed by atoms with Crippen molar-refractivity contribution in [3.63, 3.8) is 0 Å². The van der Waals surface area contributed by atoms with E-state index in [0.717, 1.165) is 15.7 Å². The van der Waals surface area contributed by atoms with Gasteiger partial charge in [-0.15, -0.1) is 0 Å². The van der Waals surface area contributed by atoms with Crippen molar-refractivity contribution in [3.8, 4) is 0 Å². The van der Waals surface area contributed by atoms with Crippen molar-refractivity contribution in [1.29, 1.82) is 0 Å². The number of likely N-dealkylation sites (tertiary alicyclic amines) is 1. The second-order valence-corrected chi connectivity index (χ2v) is 4.37. The van der Waals surface area contributed by atoms with Crippen molar-refractivity contribution in [1.82, 2.24) is 14.5 Å². The summed E-state index contributed by atoms with van der Waals surface area (Å²) in [5.41, 5.74) is -1.59. The van der Waals surface area contributed by atoms with Crippen LogP contribution in [0.15, 0.2) is 15.8 Å². The van der Waals surface area contributed by atoms with Gasteiger partial charge in [-0.1, -0.05) is 0 Å². The minimum absolute atomic E-state index is 0.227. The van der Waals surface area contributed by atoms with E-state index in [9.17, 15) is 19.2 Å². The molecule has 0 radical (unpaired) electrons. The summed E-state index contributed by atoms with van der Waals surface area (Å²) in [6.07, 6.45) is 1.97. The molecule has 102 valence electrons. The van der Waals surface area contributed by atoms with E-state index in [-0.39, 0.29) is 12.1 Å². The summed E-state index contributed by atoms with van der Waals surface area (Å²) in [5, 5.41) is 9.01. The van der Waals surface area contributed by atoms with Crippen molar-refractivity contribution in [2.75, 3.05) is 6.54 Å². The zero-order valence-electron chi connectivity index (χ0n) is 10.3. The number of nitrogens with one attached hydrogen (secondary N) is 1. The normalized spacial score (nSPS) is 18.6. The van der Waals surface area contributed by atoms with Crippen LogP contribution in [-0.2, 0) is 11.8 Å². The van der Waals surface area contributed by atoms with E-state index < -0.39 is 29.2 Å². The van der Waals surface area contributed by atoms with Crippen molar-refractivity contribution in [2.24, 2.45) is 7.05 Å². The second-order valence-electron chi connectivity index (χ2n) is 4.37. The lowest BCUT2D eigenvalue weighted by Gasteiger charge is -2.20. The zero-order valence-corrected chi connectivity index (χ0v) is 10.3. The minimum atomic E-state index is -1.09. The van der Waals surface area contributed by atoms with Gasteiger partial charge in [0, 0.05) is 19.8 Å². The standard InChI is InChI=1S/C11H13N3O5/c1-13-8(15)6(5-12-11(13)19)9(16)14-4-2-3-7(14)10(17)18/h5,7H,2-4H2,1H3,(H,12,19)(H,17,18)/t7-/m0/s1. The monoisotopic (exact) mass is 267 g/mol. The van der Waals surface area contributed by atoms with Crippen LogP contribution in [-0.4, -0.2) is 44.0 Å². The first-order chi connectivity index (χ1) is 8.93. The Morgan fingerprint density at radius 1 is 1.42 bits per heavy atom. The van der Waals surface area contributed by atoms with Crippen LogP contribution in [0.25, 0.3) is 0 Å². The molecule has 8 nitrogen and oxygen atoms in total. The van der Waals surface area contributed by atoms with Crippen LogP contribution in [0.1, 0.15) is 23.2 Å². The number of amides is 1. The van der Waals surface area contributed by atoms with Gasteiger partial charge in [0.15, 0.2) is 0 Å². The molecule has 1 fully saturated rings. The number of carbonyl (C=O) groups is 2. The Labute approximate surface area is 107 Å². The average molecular weight is 267 g/mol. The van der Waals surface area contributed by atoms with Crippen LogP contribution in [0.2, 0.25) is 0 Å². The van der Waals surface area contributed by atoms with Crippen LogP contribution < -0.4 is 11.2 Å². The number of carboxylic acids is 1. The molecule has 1 amide bonds. The number of aromatic amines is 1. The molecule has 0 saturated carbocycles. The molecule has 1 aliphatic rings. The Bertz CT molecular complexity index is 644. The maximum atomic E-state index is 12.2. The molecule has 19 heavy (non-hydrogen) atoms. The molecule has 2 rings (SSSR count). The van der Waals surface area contributed by atoms with Gasteiger partial charge in [-0.2, -0.15) is 0 Å². The summed E-state index contributed by atoms with van der Waals surface area (Å²) in [6, 6.07) is -0.913. The largest absolute Gasteiger partial charge is 0.480 e. The highest BCUT2D eigenvalue weighted by atomic mass is 16.4. The van der Waals surface area contributed by atoms with E-state index in [1.807, 2.05) is 0 Å². The maximum absolute atomic E-state index is 12.2. The van der Waals surface area contributed by atoms with Crippen LogP contribution in [0.4, 0.5) is 0 Å². The molecule has 1 aliphatic heterocycles. The molecule has 1 aromatic heterocycles. The number of hydrogen-bond acceptors (Lipinski definition) is 4. The summed E-state index contributed by atoms with van der Waals surface area (Å²) >= 11 is 0. The van der Waals surface area contributed by atoms with E-state index in [0.29, 0.717) is 12.8 Å². The van der Waals surface area contributed by atoms with E-state index in [1.165, 1.54) is 7.05 Å². The Balaban J connectivity index is 2.40. The molecule has 0 aromatic carbocycles. The van der Waals surface area contributed by atoms with Gasteiger partial charge in [0.25, 0.3) is 11.5 Å². The Morgan fingerprint density at radius 3 is 2.74 bits per heavy atom. The molecular formula is C11H13N3O5. The van der Waals surface area contributed by atoms with Gasteiger partial charge in [0.1, 0.15) is 11.6 Å². The van der Waals surface area contributed by atoms with Crippen molar-refractivity contribution >= 4 is 11.9 Å². The molecule has 0 spiro atoms.